The number of rotatable bonds is 8. The first-order chi connectivity index (χ1) is 13.3. The SMILES string of the molecule is COc1cc(CC(=O)O[C@@H](C)C(=O)c2cc(C)ccc2C)cc(OC)c1OC. The fraction of sp³-hybridized carbons (Fsp3) is 0.364. The summed E-state index contributed by atoms with van der Waals surface area (Å²) in [5, 5.41) is 0. The number of Topliss-reactive ketones (excluding diaryl/α,β-unsaturated/α-hetero) is 1. The van der Waals surface area contributed by atoms with Gasteiger partial charge in [0, 0.05) is 5.56 Å². The summed E-state index contributed by atoms with van der Waals surface area (Å²) in [4.78, 5) is 25.0. The van der Waals surface area contributed by atoms with Crippen molar-refractivity contribution in [3.8, 4) is 17.2 Å². The average molecular weight is 386 g/mol. The summed E-state index contributed by atoms with van der Waals surface area (Å²) in [5.41, 5.74) is 3.02. The molecule has 0 amide bonds. The molecule has 150 valence electrons. The molecule has 0 aliphatic rings. The van der Waals surface area contributed by atoms with Crippen LogP contribution in [0, 0.1) is 13.8 Å². The van der Waals surface area contributed by atoms with Gasteiger partial charge in [0.2, 0.25) is 11.5 Å². The van der Waals surface area contributed by atoms with E-state index >= 15 is 0 Å². The molecule has 2 rings (SSSR count). The maximum Gasteiger partial charge on any atom is 0.310 e. The molecule has 0 aliphatic carbocycles. The lowest BCUT2D eigenvalue weighted by atomic mass is 9.99. The Morgan fingerprint density at radius 2 is 1.54 bits per heavy atom. The van der Waals surface area contributed by atoms with Crippen LogP contribution in [0.2, 0.25) is 0 Å². The fourth-order valence-electron chi connectivity index (χ4n) is 2.92. The van der Waals surface area contributed by atoms with Crippen molar-refractivity contribution in [3.63, 3.8) is 0 Å². The summed E-state index contributed by atoms with van der Waals surface area (Å²) in [6.45, 7) is 5.35. The lowest BCUT2D eigenvalue weighted by Crippen LogP contribution is -2.26. The number of aryl methyl sites for hydroxylation is 2. The molecule has 6 nitrogen and oxygen atoms in total. The maximum atomic E-state index is 12.7. The third-order valence-electron chi connectivity index (χ3n) is 4.41. The monoisotopic (exact) mass is 386 g/mol. The van der Waals surface area contributed by atoms with E-state index in [0.29, 0.717) is 28.4 Å². The van der Waals surface area contributed by atoms with E-state index in [9.17, 15) is 9.59 Å². The first kappa shape index (κ1) is 21.3. The van der Waals surface area contributed by atoms with Gasteiger partial charge in [0.15, 0.2) is 17.6 Å². The second-order valence-electron chi connectivity index (χ2n) is 6.53. The number of hydrogen-bond donors (Lipinski definition) is 0. The quantitative estimate of drug-likeness (QED) is 0.509. The van der Waals surface area contributed by atoms with Crippen molar-refractivity contribution in [1.82, 2.24) is 0 Å². The van der Waals surface area contributed by atoms with Crippen LogP contribution in [0.1, 0.15) is 34.0 Å². The van der Waals surface area contributed by atoms with E-state index in [2.05, 4.69) is 0 Å². The highest BCUT2D eigenvalue weighted by atomic mass is 16.5. The van der Waals surface area contributed by atoms with E-state index in [4.69, 9.17) is 18.9 Å². The normalized spacial score (nSPS) is 11.5. The molecule has 0 aliphatic heterocycles. The molecule has 0 saturated heterocycles. The standard InChI is InChI=1S/C22H26O6/c1-13-7-8-14(2)17(9-13)21(24)15(3)28-20(23)12-16-10-18(25-4)22(27-6)19(11-16)26-5/h7-11,15H,12H2,1-6H3/t15-/m0/s1. The van der Waals surface area contributed by atoms with Crippen LogP contribution >= 0.6 is 0 Å². The Morgan fingerprint density at radius 3 is 2.07 bits per heavy atom. The molecule has 0 bridgehead atoms. The molecule has 0 N–H and O–H groups in total. The number of carbonyl (C=O) groups excluding carboxylic acids is 2. The molecule has 1 atom stereocenters. The maximum absolute atomic E-state index is 12.7. The van der Waals surface area contributed by atoms with Crippen LogP contribution in [0.4, 0.5) is 0 Å². The number of methoxy groups -OCH3 is 3. The second kappa shape index (κ2) is 9.26. The number of hydrogen-bond acceptors (Lipinski definition) is 6. The Kier molecular flexibility index (Phi) is 7.04. The molecule has 0 saturated carbocycles. The Hall–Kier alpha value is -3.02. The predicted molar refractivity (Wildman–Crippen MR) is 106 cm³/mol. The molecule has 0 radical (unpaired) electrons. The van der Waals surface area contributed by atoms with Gasteiger partial charge < -0.3 is 18.9 Å². The van der Waals surface area contributed by atoms with Gasteiger partial charge in [-0.3, -0.25) is 9.59 Å². The zero-order chi connectivity index (χ0) is 20.8. The van der Waals surface area contributed by atoms with Gasteiger partial charge in [-0.15, -0.1) is 0 Å². The van der Waals surface area contributed by atoms with Crippen molar-refractivity contribution in [2.75, 3.05) is 21.3 Å². The summed E-state index contributed by atoms with van der Waals surface area (Å²) >= 11 is 0. The van der Waals surface area contributed by atoms with Crippen molar-refractivity contribution in [3.05, 3.63) is 52.6 Å². The Labute approximate surface area is 165 Å². The fourth-order valence-corrected chi connectivity index (χ4v) is 2.92. The van der Waals surface area contributed by atoms with Crippen LogP contribution in [0.5, 0.6) is 17.2 Å². The van der Waals surface area contributed by atoms with Gasteiger partial charge in [0.1, 0.15) is 0 Å². The van der Waals surface area contributed by atoms with E-state index in [1.807, 2.05) is 26.0 Å². The first-order valence-corrected chi connectivity index (χ1v) is 8.90. The van der Waals surface area contributed by atoms with Crippen LogP contribution in [0.15, 0.2) is 30.3 Å². The smallest absolute Gasteiger partial charge is 0.310 e. The van der Waals surface area contributed by atoms with Crippen LogP contribution in [-0.2, 0) is 16.0 Å². The second-order valence-corrected chi connectivity index (χ2v) is 6.53. The zero-order valence-electron chi connectivity index (χ0n) is 17.1. The highest BCUT2D eigenvalue weighted by Crippen LogP contribution is 2.38. The van der Waals surface area contributed by atoms with Crippen molar-refractivity contribution in [1.29, 1.82) is 0 Å². The van der Waals surface area contributed by atoms with Gasteiger partial charge in [-0.1, -0.05) is 17.7 Å². The molecule has 0 unspecified atom stereocenters. The third kappa shape index (κ3) is 4.82. The molecule has 2 aromatic rings. The molecular weight excluding hydrogens is 360 g/mol. The molecule has 0 heterocycles. The highest BCUT2D eigenvalue weighted by molar-refractivity contribution is 6.01. The molecule has 0 fully saturated rings. The van der Waals surface area contributed by atoms with E-state index in [1.165, 1.54) is 21.3 Å². The van der Waals surface area contributed by atoms with Crippen molar-refractivity contribution < 1.29 is 28.5 Å². The van der Waals surface area contributed by atoms with Crippen LogP contribution in [-0.4, -0.2) is 39.2 Å². The lowest BCUT2D eigenvalue weighted by molar-refractivity contribution is -0.145. The van der Waals surface area contributed by atoms with E-state index in [-0.39, 0.29) is 12.2 Å². The lowest BCUT2D eigenvalue weighted by Gasteiger charge is -2.16. The molecule has 28 heavy (non-hydrogen) atoms. The molecular formula is C22H26O6. The van der Waals surface area contributed by atoms with Crippen molar-refractivity contribution in [2.45, 2.75) is 33.3 Å². The zero-order valence-corrected chi connectivity index (χ0v) is 17.1. The van der Waals surface area contributed by atoms with Crippen LogP contribution in [0.25, 0.3) is 0 Å². The minimum Gasteiger partial charge on any atom is -0.493 e. The minimum absolute atomic E-state index is 0.0267. The van der Waals surface area contributed by atoms with Crippen LogP contribution < -0.4 is 14.2 Å². The summed E-state index contributed by atoms with van der Waals surface area (Å²) in [5.74, 6) is 0.605. The third-order valence-corrected chi connectivity index (χ3v) is 4.41. The summed E-state index contributed by atoms with van der Waals surface area (Å²) in [6, 6.07) is 8.99. The van der Waals surface area contributed by atoms with Gasteiger partial charge >= 0.3 is 5.97 Å². The average Bonchev–Trinajstić information content (AvgIpc) is 2.68. The number of benzene rings is 2. The first-order valence-electron chi connectivity index (χ1n) is 8.90. The predicted octanol–water partition coefficient (Wildman–Crippen LogP) is 3.69. The summed E-state index contributed by atoms with van der Waals surface area (Å²) in [6.07, 6.45) is -0.906. The molecule has 2 aromatic carbocycles. The number of ketones is 1. The number of ether oxygens (including phenoxy) is 4. The van der Waals surface area contributed by atoms with Crippen LogP contribution in [0.3, 0.4) is 0 Å². The largest absolute Gasteiger partial charge is 0.493 e. The van der Waals surface area contributed by atoms with Crippen molar-refractivity contribution in [2.24, 2.45) is 0 Å². The number of esters is 1. The number of carbonyl (C=O) groups is 2. The highest BCUT2D eigenvalue weighted by Gasteiger charge is 2.22. The van der Waals surface area contributed by atoms with E-state index in [0.717, 1.165) is 11.1 Å². The summed E-state index contributed by atoms with van der Waals surface area (Å²) < 4.78 is 21.2. The van der Waals surface area contributed by atoms with Gasteiger partial charge in [-0.05, 0) is 50.1 Å². The molecule has 0 spiro atoms. The Balaban J connectivity index is 2.13. The van der Waals surface area contributed by atoms with Crippen molar-refractivity contribution >= 4 is 11.8 Å². The Morgan fingerprint density at radius 1 is 0.929 bits per heavy atom. The summed E-state index contributed by atoms with van der Waals surface area (Å²) in [7, 11) is 4.52. The molecule has 0 aromatic heterocycles. The minimum atomic E-state index is -0.880. The van der Waals surface area contributed by atoms with Gasteiger partial charge in [0.05, 0.1) is 27.8 Å². The van der Waals surface area contributed by atoms with Gasteiger partial charge in [-0.2, -0.15) is 0 Å². The van der Waals surface area contributed by atoms with E-state index in [1.54, 1.807) is 25.1 Å². The molecule has 6 heteroatoms. The van der Waals surface area contributed by atoms with E-state index < -0.39 is 12.1 Å². The van der Waals surface area contributed by atoms with Gasteiger partial charge in [-0.25, -0.2) is 0 Å². The van der Waals surface area contributed by atoms with Gasteiger partial charge in [0.25, 0.3) is 0 Å². The topological polar surface area (TPSA) is 71.1 Å². The Bertz CT molecular complexity index is 846.